The molecule has 1 aliphatic rings. The minimum Gasteiger partial charge on any atom is -0.496 e. The molecule has 1 unspecified atom stereocenters. The zero-order valence-electron chi connectivity index (χ0n) is 10.8. The highest BCUT2D eigenvalue weighted by atomic mass is 16.5. The highest BCUT2D eigenvalue weighted by Gasteiger charge is 2.26. The van der Waals surface area contributed by atoms with Crippen molar-refractivity contribution >= 4 is 0 Å². The molecule has 0 radical (unpaired) electrons. The third-order valence-corrected chi connectivity index (χ3v) is 3.36. The summed E-state index contributed by atoms with van der Waals surface area (Å²) < 4.78 is 5.30. The van der Waals surface area contributed by atoms with Crippen LogP contribution in [0.2, 0.25) is 0 Å². The summed E-state index contributed by atoms with van der Waals surface area (Å²) in [5.41, 5.74) is 3.46. The second-order valence-corrected chi connectivity index (χ2v) is 4.85. The molecule has 1 fully saturated rings. The summed E-state index contributed by atoms with van der Waals surface area (Å²) in [6.07, 6.45) is 2.45. The van der Waals surface area contributed by atoms with Crippen LogP contribution in [0.1, 0.15) is 35.6 Å². The van der Waals surface area contributed by atoms with Crippen LogP contribution in [0.25, 0.3) is 0 Å². The lowest BCUT2D eigenvalue weighted by atomic mass is 9.98. The fourth-order valence-electron chi connectivity index (χ4n) is 2.18. The van der Waals surface area contributed by atoms with Crippen LogP contribution in [0.15, 0.2) is 12.1 Å². The molecule has 0 saturated heterocycles. The summed E-state index contributed by atoms with van der Waals surface area (Å²) in [7, 11) is 1.69. The molecule has 0 amide bonds. The van der Waals surface area contributed by atoms with Gasteiger partial charge in [-0.15, -0.1) is 0 Å². The molecule has 0 spiro atoms. The van der Waals surface area contributed by atoms with Gasteiger partial charge in [-0.3, -0.25) is 0 Å². The number of rotatable bonds is 5. The predicted molar refractivity (Wildman–Crippen MR) is 68.5 cm³/mol. The molecule has 0 aromatic heterocycles. The van der Waals surface area contributed by atoms with Crippen molar-refractivity contribution in [2.24, 2.45) is 0 Å². The van der Waals surface area contributed by atoms with Gasteiger partial charge in [-0.25, -0.2) is 0 Å². The normalized spacial score (nSPS) is 16.9. The smallest absolute Gasteiger partial charge is 0.122 e. The van der Waals surface area contributed by atoms with E-state index in [0.29, 0.717) is 6.04 Å². The first-order valence-corrected chi connectivity index (χ1v) is 6.17. The number of hydrogen-bond donors (Lipinski definition) is 2. The summed E-state index contributed by atoms with van der Waals surface area (Å²) >= 11 is 0. The zero-order chi connectivity index (χ0) is 12.4. The van der Waals surface area contributed by atoms with E-state index in [4.69, 9.17) is 4.74 Å². The Kier molecular flexibility index (Phi) is 3.69. The van der Waals surface area contributed by atoms with Crippen LogP contribution in [-0.4, -0.2) is 24.9 Å². The number of aliphatic hydroxyl groups is 1. The van der Waals surface area contributed by atoms with E-state index in [9.17, 15) is 5.11 Å². The van der Waals surface area contributed by atoms with Crippen molar-refractivity contribution < 1.29 is 9.84 Å². The number of aryl methyl sites for hydroxylation is 2. The lowest BCUT2D eigenvalue weighted by Crippen LogP contribution is -2.27. The molecule has 1 aliphatic carbocycles. The largest absolute Gasteiger partial charge is 0.496 e. The summed E-state index contributed by atoms with van der Waals surface area (Å²) in [5, 5.41) is 13.0. The van der Waals surface area contributed by atoms with Crippen molar-refractivity contribution in [2.75, 3.05) is 13.7 Å². The van der Waals surface area contributed by atoms with Gasteiger partial charge >= 0.3 is 0 Å². The van der Waals surface area contributed by atoms with Gasteiger partial charge in [-0.2, -0.15) is 0 Å². The van der Waals surface area contributed by atoms with Gasteiger partial charge in [0.15, 0.2) is 0 Å². The van der Waals surface area contributed by atoms with E-state index in [1.54, 1.807) is 7.11 Å². The molecule has 2 rings (SSSR count). The number of methoxy groups -OCH3 is 1. The maximum Gasteiger partial charge on any atom is 0.122 e. The third-order valence-electron chi connectivity index (χ3n) is 3.36. The van der Waals surface area contributed by atoms with E-state index in [1.807, 2.05) is 13.0 Å². The molecule has 2 N–H and O–H groups in total. The van der Waals surface area contributed by atoms with E-state index in [0.717, 1.165) is 11.3 Å². The standard InChI is InChI=1S/C14H21NO2/c1-9-7-14(17-3)10(2)6-12(9)13(8-16)15-11-4-5-11/h6-7,11,13,15-16H,4-5,8H2,1-3H3. The second-order valence-electron chi connectivity index (χ2n) is 4.85. The van der Waals surface area contributed by atoms with Gasteiger partial charge in [0.25, 0.3) is 0 Å². The van der Waals surface area contributed by atoms with Gasteiger partial charge in [-0.1, -0.05) is 6.07 Å². The molecule has 0 aliphatic heterocycles. The Labute approximate surface area is 103 Å². The Balaban J connectivity index is 2.25. The minimum absolute atomic E-state index is 0.0482. The first-order valence-electron chi connectivity index (χ1n) is 6.17. The lowest BCUT2D eigenvalue weighted by molar-refractivity contribution is 0.243. The Morgan fingerprint density at radius 3 is 2.59 bits per heavy atom. The van der Waals surface area contributed by atoms with Crippen molar-refractivity contribution in [2.45, 2.75) is 38.8 Å². The molecular weight excluding hydrogens is 214 g/mol. The number of aliphatic hydroxyl groups excluding tert-OH is 1. The van der Waals surface area contributed by atoms with E-state index >= 15 is 0 Å². The van der Waals surface area contributed by atoms with Crippen LogP contribution >= 0.6 is 0 Å². The average Bonchev–Trinajstić information content (AvgIpc) is 3.12. The molecule has 3 heteroatoms. The molecule has 0 heterocycles. The van der Waals surface area contributed by atoms with Crippen molar-refractivity contribution in [1.29, 1.82) is 0 Å². The fraction of sp³-hybridized carbons (Fsp3) is 0.571. The number of benzene rings is 1. The van der Waals surface area contributed by atoms with Crippen LogP contribution in [0.3, 0.4) is 0 Å². The Morgan fingerprint density at radius 2 is 2.06 bits per heavy atom. The van der Waals surface area contributed by atoms with Crippen molar-refractivity contribution in [3.8, 4) is 5.75 Å². The van der Waals surface area contributed by atoms with E-state index in [-0.39, 0.29) is 12.6 Å². The quantitative estimate of drug-likeness (QED) is 0.821. The van der Waals surface area contributed by atoms with Gasteiger partial charge in [-0.05, 0) is 49.4 Å². The summed E-state index contributed by atoms with van der Waals surface area (Å²) in [6, 6.07) is 4.80. The fourth-order valence-corrected chi connectivity index (χ4v) is 2.18. The number of nitrogens with one attached hydrogen (secondary N) is 1. The first-order chi connectivity index (χ1) is 8.15. The number of hydrogen-bond acceptors (Lipinski definition) is 3. The van der Waals surface area contributed by atoms with Crippen LogP contribution < -0.4 is 10.1 Å². The summed E-state index contributed by atoms with van der Waals surface area (Å²) in [4.78, 5) is 0. The molecule has 1 aromatic carbocycles. The molecule has 1 atom stereocenters. The third kappa shape index (κ3) is 2.79. The summed E-state index contributed by atoms with van der Waals surface area (Å²) in [6.45, 7) is 4.24. The molecule has 1 saturated carbocycles. The van der Waals surface area contributed by atoms with Crippen molar-refractivity contribution in [3.63, 3.8) is 0 Å². The van der Waals surface area contributed by atoms with Crippen LogP contribution in [0.4, 0.5) is 0 Å². The van der Waals surface area contributed by atoms with Crippen molar-refractivity contribution in [3.05, 3.63) is 28.8 Å². The lowest BCUT2D eigenvalue weighted by Gasteiger charge is -2.20. The van der Waals surface area contributed by atoms with Crippen LogP contribution in [0, 0.1) is 13.8 Å². The van der Waals surface area contributed by atoms with Crippen LogP contribution in [-0.2, 0) is 0 Å². The average molecular weight is 235 g/mol. The highest BCUT2D eigenvalue weighted by Crippen LogP contribution is 2.29. The van der Waals surface area contributed by atoms with Gasteiger partial charge in [0.05, 0.1) is 19.8 Å². The van der Waals surface area contributed by atoms with Crippen LogP contribution in [0.5, 0.6) is 5.75 Å². The van der Waals surface area contributed by atoms with Crippen molar-refractivity contribution in [1.82, 2.24) is 5.32 Å². The van der Waals surface area contributed by atoms with E-state index < -0.39 is 0 Å². The molecule has 17 heavy (non-hydrogen) atoms. The Bertz CT molecular complexity index is 399. The summed E-state index contributed by atoms with van der Waals surface area (Å²) in [5.74, 6) is 0.911. The highest BCUT2D eigenvalue weighted by molar-refractivity contribution is 5.43. The van der Waals surface area contributed by atoms with Gasteiger partial charge in [0, 0.05) is 6.04 Å². The monoisotopic (exact) mass is 235 g/mol. The Morgan fingerprint density at radius 1 is 1.35 bits per heavy atom. The maximum atomic E-state index is 9.50. The second kappa shape index (κ2) is 5.07. The number of ether oxygens (including phenoxy) is 1. The minimum atomic E-state index is 0.0482. The predicted octanol–water partition coefficient (Wildman–Crippen LogP) is 2.10. The maximum absolute atomic E-state index is 9.50. The topological polar surface area (TPSA) is 41.5 Å². The Hall–Kier alpha value is -1.06. The molecule has 94 valence electrons. The SMILES string of the molecule is COc1cc(C)c(C(CO)NC2CC2)cc1C. The molecule has 0 bridgehead atoms. The van der Waals surface area contributed by atoms with Gasteiger partial charge in [0.1, 0.15) is 5.75 Å². The van der Waals surface area contributed by atoms with E-state index in [1.165, 1.54) is 24.0 Å². The molecule has 3 nitrogen and oxygen atoms in total. The zero-order valence-corrected chi connectivity index (χ0v) is 10.8. The first kappa shape index (κ1) is 12.4. The molecular formula is C14H21NO2. The molecule has 1 aromatic rings. The van der Waals surface area contributed by atoms with Gasteiger partial charge < -0.3 is 15.2 Å². The van der Waals surface area contributed by atoms with Gasteiger partial charge in [0.2, 0.25) is 0 Å². The van der Waals surface area contributed by atoms with E-state index in [2.05, 4.69) is 18.3 Å².